The second-order valence-corrected chi connectivity index (χ2v) is 4.34. The molecule has 2 rings (SSSR count). The van der Waals surface area contributed by atoms with Crippen LogP contribution in [0.25, 0.3) is 0 Å². The summed E-state index contributed by atoms with van der Waals surface area (Å²) in [5, 5.41) is 0. The minimum atomic E-state index is -0.691. The molecular weight excluding hydrogens is 262 g/mol. The van der Waals surface area contributed by atoms with Crippen LogP contribution >= 0.6 is 0 Å². The van der Waals surface area contributed by atoms with Crippen molar-refractivity contribution >= 4 is 11.9 Å². The molecular formula is C14H17NO5. The average Bonchev–Trinajstić information content (AvgIpc) is 2.53. The zero-order chi connectivity index (χ0) is 14.5. The van der Waals surface area contributed by atoms with Crippen LogP contribution in [0.1, 0.15) is 10.4 Å². The van der Waals surface area contributed by atoms with Gasteiger partial charge in [0.05, 0.1) is 27.4 Å². The number of carbonyl (C=O) groups excluding carboxylic acids is 2. The van der Waals surface area contributed by atoms with E-state index in [4.69, 9.17) is 14.2 Å². The third kappa shape index (κ3) is 2.91. The van der Waals surface area contributed by atoms with Crippen LogP contribution in [0.3, 0.4) is 0 Å². The van der Waals surface area contributed by atoms with Gasteiger partial charge in [-0.05, 0) is 24.3 Å². The minimum absolute atomic E-state index is 0.161. The van der Waals surface area contributed by atoms with E-state index >= 15 is 0 Å². The molecule has 1 unspecified atom stereocenters. The number of amides is 1. The molecule has 0 radical (unpaired) electrons. The molecule has 1 aromatic carbocycles. The molecule has 108 valence electrons. The largest absolute Gasteiger partial charge is 0.497 e. The van der Waals surface area contributed by atoms with Crippen molar-refractivity contribution in [3.05, 3.63) is 29.8 Å². The Morgan fingerprint density at radius 3 is 2.55 bits per heavy atom. The number of benzene rings is 1. The first kappa shape index (κ1) is 14.3. The third-order valence-electron chi connectivity index (χ3n) is 3.20. The zero-order valence-corrected chi connectivity index (χ0v) is 11.5. The quantitative estimate of drug-likeness (QED) is 0.762. The molecule has 0 bridgehead atoms. The molecule has 1 aromatic rings. The molecule has 6 nitrogen and oxygen atoms in total. The van der Waals surface area contributed by atoms with Crippen molar-refractivity contribution in [1.82, 2.24) is 4.90 Å². The molecule has 1 aliphatic heterocycles. The Bertz CT molecular complexity index is 485. The summed E-state index contributed by atoms with van der Waals surface area (Å²) in [4.78, 5) is 25.6. The van der Waals surface area contributed by atoms with E-state index < -0.39 is 12.0 Å². The highest BCUT2D eigenvalue weighted by Crippen LogP contribution is 2.16. The Kier molecular flexibility index (Phi) is 4.57. The molecule has 6 heteroatoms. The lowest BCUT2D eigenvalue weighted by Crippen LogP contribution is -2.53. The molecule has 1 heterocycles. The van der Waals surface area contributed by atoms with Crippen molar-refractivity contribution in [2.24, 2.45) is 0 Å². The SMILES string of the molecule is COC(=O)C1COCCN1C(=O)c1ccc(OC)cc1. The van der Waals surface area contributed by atoms with Gasteiger partial charge in [-0.25, -0.2) is 4.79 Å². The fourth-order valence-electron chi connectivity index (χ4n) is 2.08. The second-order valence-electron chi connectivity index (χ2n) is 4.34. The number of carbonyl (C=O) groups is 2. The summed E-state index contributed by atoms with van der Waals surface area (Å²) in [5.41, 5.74) is 0.501. The number of rotatable bonds is 3. The van der Waals surface area contributed by atoms with E-state index in [0.717, 1.165) is 0 Å². The Labute approximate surface area is 117 Å². The monoisotopic (exact) mass is 279 g/mol. The Morgan fingerprint density at radius 1 is 1.25 bits per heavy atom. The number of hydrogen-bond donors (Lipinski definition) is 0. The van der Waals surface area contributed by atoms with Crippen LogP contribution in [0.15, 0.2) is 24.3 Å². The van der Waals surface area contributed by atoms with Crippen LogP contribution in [-0.2, 0) is 14.3 Å². The summed E-state index contributed by atoms with van der Waals surface area (Å²) in [6, 6.07) is 6.07. The van der Waals surface area contributed by atoms with E-state index in [1.54, 1.807) is 31.4 Å². The minimum Gasteiger partial charge on any atom is -0.497 e. The van der Waals surface area contributed by atoms with Crippen LogP contribution in [0.4, 0.5) is 0 Å². The first-order valence-electron chi connectivity index (χ1n) is 6.28. The van der Waals surface area contributed by atoms with Gasteiger partial charge < -0.3 is 19.1 Å². The summed E-state index contributed by atoms with van der Waals surface area (Å²) in [5.74, 6) is -0.00837. The van der Waals surface area contributed by atoms with E-state index in [1.807, 2.05) is 0 Å². The van der Waals surface area contributed by atoms with Gasteiger partial charge in [0.25, 0.3) is 5.91 Å². The van der Waals surface area contributed by atoms with Gasteiger partial charge in [0.1, 0.15) is 5.75 Å². The predicted molar refractivity (Wildman–Crippen MR) is 70.7 cm³/mol. The van der Waals surface area contributed by atoms with Gasteiger partial charge in [-0.1, -0.05) is 0 Å². The van der Waals surface area contributed by atoms with E-state index in [9.17, 15) is 9.59 Å². The maximum absolute atomic E-state index is 12.5. The molecule has 0 saturated carbocycles. The highest BCUT2D eigenvalue weighted by atomic mass is 16.5. The average molecular weight is 279 g/mol. The van der Waals surface area contributed by atoms with E-state index in [0.29, 0.717) is 24.5 Å². The fraction of sp³-hybridized carbons (Fsp3) is 0.429. The van der Waals surface area contributed by atoms with Gasteiger partial charge in [-0.2, -0.15) is 0 Å². The Hall–Kier alpha value is -2.08. The van der Waals surface area contributed by atoms with Gasteiger partial charge in [0.2, 0.25) is 0 Å². The molecule has 1 amide bonds. The molecule has 1 aliphatic rings. The molecule has 1 fully saturated rings. The first-order valence-corrected chi connectivity index (χ1v) is 6.28. The lowest BCUT2D eigenvalue weighted by molar-refractivity contribution is -0.151. The van der Waals surface area contributed by atoms with Gasteiger partial charge >= 0.3 is 5.97 Å². The second kappa shape index (κ2) is 6.38. The third-order valence-corrected chi connectivity index (χ3v) is 3.20. The molecule has 0 spiro atoms. The van der Waals surface area contributed by atoms with Crippen LogP contribution in [0.2, 0.25) is 0 Å². The van der Waals surface area contributed by atoms with Gasteiger partial charge in [0, 0.05) is 12.1 Å². The molecule has 0 aliphatic carbocycles. The Balaban J connectivity index is 2.18. The van der Waals surface area contributed by atoms with Gasteiger partial charge in [-0.3, -0.25) is 4.79 Å². The normalized spacial score (nSPS) is 18.5. The Morgan fingerprint density at radius 2 is 1.95 bits per heavy atom. The summed E-state index contributed by atoms with van der Waals surface area (Å²) < 4.78 is 15.0. The molecule has 0 aromatic heterocycles. The summed E-state index contributed by atoms with van der Waals surface area (Å²) in [6.45, 7) is 0.939. The van der Waals surface area contributed by atoms with Crippen molar-refractivity contribution in [3.8, 4) is 5.75 Å². The molecule has 0 N–H and O–H groups in total. The van der Waals surface area contributed by atoms with E-state index in [-0.39, 0.29) is 12.5 Å². The van der Waals surface area contributed by atoms with Crippen LogP contribution in [-0.4, -0.2) is 56.8 Å². The standard InChI is InChI=1S/C14H17NO5/c1-18-11-5-3-10(4-6-11)13(16)15-7-8-20-9-12(15)14(17)19-2/h3-6,12H,7-9H2,1-2H3. The smallest absolute Gasteiger partial charge is 0.331 e. The number of morpholine rings is 1. The molecule has 1 atom stereocenters. The maximum Gasteiger partial charge on any atom is 0.331 e. The number of ether oxygens (including phenoxy) is 3. The van der Waals surface area contributed by atoms with Crippen molar-refractivity contribution in [2.45, 2.75) is 6.04 Å². The predicted octanol–water partition coefficient (Wildman–Crippen LogP) is 0.709. The number of hydrogen-bond acceptors (Lipinski definition) is 5. The maximum atomic E-state index is 12.5. The van der Waals surface area contributed by atoms with Crippen molar-refractivity contribution in [3.63, 3.8) is 0 Å². The van der Waals surface area contributed by atoms with Crippen LogP contribution in [0.5, 0.6) is 5.75 Å². The van der Waals surface area contributed by atoms with Crippen molar-refractivity contribution in [2.75, 3.05) is 34.0 Å². The first-order chi connectivity index (χ1) is 9.67. The van der Waals surface area contributed by atoms with Crippen molar-refractivity contribution < 1.29 is 23.8 Å². The van der Waals surface area contributed by atoms with Gasteiger partial charge in [-0.15, -0.1) is 0 Å². The van der Waals surface area contributed by atoms with Crippen LogP contribution < -0.4 is 4.74 Å². The number of methoxy groups -OCH3 is 2. The molecule has 1 saturated heterocycles. The van der Waals surface area contributed by atoms with E-state index in [2.05, 4.69) is 0 Å². The lowest BCUT2D eigenvalue weighted by Gasteiger charge is -2.33. The van der Waals surface area contributed by atoms with Gasteiger partial charge in [0.15, 0.2) is 6.04 Å². The number of nitrogens with zero attached hydrogens (tertiary/aromatic N) is 1. The summed E-state index contributed by atoms with van der Waals surface area (Å²) in [6.07, 6.45) is 0. The highest BCUT2D eigenvalue weighted by molar-refractivity contribution is 5.97. The van der Waals surface area contributed by atoms with E-state index in [1.165, 1.54) is 12.0 Å². The summed E-state index contributed by atoms with van der Waals surface area (Å²) in [7, 11) is 2.86. The topological polar surface area (TPSA) is 65.1 Å². The van der Waals surface area contributed by atoms with Crippen molar-refractivity contribution in [1.29, 1.82) is 0 Å². The highest BCUT2D eigenvalue weighted by Gasteiger charge is 2.34. The molecule has 20 heavy (non-hydrogen) atoms. The summed E-state index contributed by atoms with van der Waals surface area (Å²) >= 11 is 0. The number of esters is 1. The lowest BCUT2D eigenvalue weighted by atomic mass is 10.1. The van der Waals surface area contributed by atoms with Crippen LogP contribution in [0, 0.1) is 0 Å². The fourth-order valence-corrected chi connectivity index (χ4v) is 2.08. The zero-order valence-electron chi connectivity index (χ0n) is 11.5.